The zero-order valence-corrected chi connectivity index (χ0v) is 17.7. The van der Waals surface area contributed by atoms with Gasteiger partial charge in [0, 0.05) is 17.8 Å². The fourth-order valence-corrected chi connectivity index (χ4v) is 3.77. The molecule has 0 aromatic heterocycles. The second-order valence-electron chi connectivity index (χ2n) is 6.47. The predicted molar refractivity (Wildman–Crippen MR) is 114 cm³/mol. The molecule has 0 aliphatic carbocycles. The summed E-state index contributed by atoms with van der Waals surface area (Å²) in [6.45, 7) is 5.92. The number of benzene rings is 2. The number of anilines is 1. The van der Waals surface area contributed by atoms with E-state index in [-0.39, 0.29) is 16.8 Å². The van der Waals surface area contributed by atoms with Gasteiger partial charge in [-0.05, 0) is 68.8 Å². The highest BCUT2D eigenvalue weighted by Crippen LogP contribution is 2.28. The molecule has 0 saturated heterocycles. The molecule has 0 unspecified atom stereocenters. The topological polar surface area (TPSA) is 93.7 Å². The molecule has 2 aromatic rings. The summed E-state index contributed by atoms with van der Waals surface area (Å²) in [5.41, 5.74) is 1.27. The van der Waals surface area contributed by atoms with Crippen LogP contribution in [0.25, 0.3) is 6.08 Å². The van der Waals surface area contributed by atoms with E-state index >= 15 is 0 Å². The van der Waals surface area contributed by atoms with Gasteiger partial charge in [-0.1, -0.05) is 6.07 Å². The Balaban J connectivity index is 2.04. The molecule has 0 radical (unpaired) electrons. The molecule has 2 N–H and O–H groups in total. The van der Waals surface area contributed by atoms with E-state index in [1.807, 2.05) is 13.0 Å². The fraction of sp³-hybridized carbons (Fsp3) is 0.286. The Kier molecular flexibility index (Phi) is 7.81. The van der Waals surface area contributed by atoms with E-state index in [2.05, 4.69) is 10.0 Å². The Hall–Kier alpha value is -2.84. The molecule has 0 saturated carbocycles. The van der Waals surface area contributed by atoms with Crippen molar-refractivity contribution in [2.45, 2.75) is 31.7 Å². The summed E-state index contributed by atoms with van der Waals surface area (Å²) in [4.78, 5) is 12.3. The van der Waals surface area contributed by atoms with E-state index in [0.29, 0.717) is 23.8 Å². The van der Waals surface area contributed by atoms with Gasteiger partial charge in [0.25, 0.3) is 0 Å². The highest BCUT2D eigenvalue weighted by atomic mass is 32.2. The lowest BCUT2D eigenvalue weighted by atomic mass is 10.2. The number of carbonyl (C=O) groups excluding carboxylic acids is 1. The first-order valence-electron chi connectivity index (χ1n) is 9.17. The van der Waals surface area contributed by atoms with Crippen LogP contribution in [-0.2, 0) is 14.8 Å². The van der Waals surface area contributed by atoms with Crippen molar-refractivity contribution in [3.8, 4) is 11.5 Å². The monoisotopic (exact) mass is 418 g/mol. The van der Waals surface area contributed by atoms with Crippen LogP contribution in [0.2, 0.25) is 0 Å². The average Bonchev–Trinajstić information content (AvgIpc) is 2.67. The highest BCUT2D eigenvalue weighted by molar-refractivity contribution is 7.89. The number of rotatable bonds is 9. The van der Waals surface area contributed by atoms with Crippen molar-refractivity contribution in [2.24, 2.45) is 0 Å². The minimum absolute atomic E-state index is 0.140. The number of amides is 1. The highest BCUT2D eigenvalue weighted by Gasteiger charge is 2.15. The van der Waals surface area contributed by atoms with E-state index in [1.165, 1.54) is 18.2 Å². The van der Waals surface area contributed by atoms with Crippen LogP contribution in [0.3, 0.4) is 0 Å². The molecular formula is C21H26N2O5S. The zero-order valence-electron chi connectivity index (χ0n) is 16.9. The molecule has 0 heterocycles. The van der Waals surface area contributed by atoms with Crippen molar-refractivity contribution in [3.63, 3.8) is 0 Å². The lowest BCUT2D eigenvalue weighted by molar-refractivity contribution is -0.111. The van der Waals surface area contributed by atoms with Crippen LogP contribution in [0.1, 0.15) is 26.3 Å². The number of methoxy groups -OCH3 is 1. The third-order valence-corrected chi connectivity index (χ3v) is 5.41. The predicted octanol–water partition coefficient (Wildman–Crippen LogP) is 3.43. The summed E-state index contributed by atoms with van der Waals surface area (Å²) >= 11 is 0. The third kappa shape index (κ3) is 6.62. The summed E-state index contributed by atoms with van der Waals surface area (Å²) in [6, 6.07) is 11.1. The molecule has 0 spiro atoms. The first kappa shape index (κ1) is 22.4. The Morgan fingerprint density at radius 1 is 1.10 bits per heavy atom. The maximum Gasteiger partial charge on any atom is 0.248 e. The third-order valence-electron chi connectivity index (χ3n) is 3.74. The smallest absolute Gasteiger partial charge is 0.248 e. The maximum absolute atomic E-state index is 12.2. The Bertz CT molecular complexity index is 967. The Morgan fingerprint density at radius 3 is 2.38 bits per heavy atom. The minimum Gasteiger partial charge on any atom is -0.493 e. The van der Waals surface area contributed by atoms with Crippen LogP contribution in [0.15, 0.2) is 53.4 Å². The van der Waals surface area contributed by atoms with Gasteiger partial charge >= 0.3 is 0 Å². The first-order valence-corrected chi connectivity index (χ1v) is 10.7. The van der Waals surface area contributed by atoms with Crippen LogP contribution in [-0.4, -0.2) is 34.1 Å². The minimum atomic E-state index is -3.56. The van der Waals surface area contributed by atoms with E-state index in [9.17, 15) is 13.2 Å². The summed E-state index contributed by atoms with van der Waals surface area (Å²) in [5.74, 6) is 0.883. The van der Waals surface area contributed by atoms with Crippen LogP contribution in [0, 0.1) is 0 Å². The zero-order chi connectivity index (χ0) is 21.4. The van der Waals surface area contributed by atoms with E-state index in [0.717, 1.165) is 5.56 Å². The molecule has 0 aliphatic heterocycles. The van der Waals surface area contributed by atoms with Crippen molar-refractivity contribution in [3.05, 3.63) is 54.1 Å². The molecule has 0 bridgehead atoms. The van der Waals surface area contributed by atoms with Gasteiger partial charge in [0.15, 0.2) is 11.5 Å². The molecule has 2 aromatic carbocycles. The van der Waals surface area contributed by atoms with Gasteiger partial charge in [-0.3, -0.25) is 4.79 Å². The van der Waals surface area contributed by atoms with Gasteiger partial charge in [-0.2, -0.15) is 0 Å². The van der Waals surface area contributed by atoms with Crippen molar-refractivity contribution in [1.29, 1.82) is 0 Å². The van der Waals surface area contributed by atoms with Gasteiger partial charge in [0.05, 0.1) is 18.6 Å². The maximum atomic E-state index is 12.2. The van der Waals surface area contributed by atoms with Crippen molar-refractivity contribution >= 4 is 27.7 Å². The van der Waals surface area contributed by atoms with Crippen molar-refractivity contribution < 1.29 is 22.7 Å². The molecule has 0 fully saturated rings. The Morgan fingerprint density at radius 2 is 1.79 bits per heavy atom. The van der Waals surface area contributed by atoms with E-state index in [1.54, 1.807) is 51.3 Å². The van der Waals surface area contributed by atoms with Gasteiger partial charge < -0.3 is 14.8 Å². The fourth-order valence-electron chi connectivity index (χ4n) is 2.51. The molecule has 0 atom stereocenters. The van der Waals surface area contributed by atoms with Gasteiger partial charge in [0.2, 0.25) is 15.9 Å². The van der Waals surface area contributed by atoms with Crippen molar-refractivity contribution in [2.75, 3.05) is 19.0 Å². The summed E-state index contributed by atoms with van der Waals surface area (Å²) < 4.78 is 37.5. The molecule has 1 amide bonds. The Labute approximate surface area is 171 Å². The molecule has 29 heavy (non-hydrogen) atoms. The number of sulfonamides is 1. The van der Waals surface area contributed by atoms with Crippen LogP contribution >= 0.6 is 0 Å². The molecular weight excluding hydrogens is 392 g/mol. The van der Waals surface area contributed by atoms with Gasteiger partial charge in [-0.15, -0.1) is 0 Å². The van der Waals surface area contributed by atoms with E-state index in [4.69, 9.17) is 9.47 Å². The molecule has 2 rings (SSSR count). The van der Waals surface area contributed by atoms with Crippen molar-refractivity contribution in [1.82, 2.24) is 4.72 Å². The summed E-state index contributed by atoms with van der Waals surface area (Å²) in [6.07, 6.45) is 3.04. The van der Waals surface area contributed by atoms with Gasteiger partial charge in [0.1, 0.15) is 0 Å². The number of hydrogen-bond donors (Lipinski definition) is 2. The van der Waals surface area contributed by atoms with Crippen LogP contribution in [0.5, 0.6) is 11.5 Å². The quantitative estimate of drug-likeness (QED) is 0.609. The molecule has 0 aliphatic rings. The number of ether oxygens (including phenoxy) is 2. The summed E-state index contributed by atoms with van der Waals surface area (Å²) in [5, 5.41) is 2.69. The first-order chi connectivity index (χ1) is 13.7. The standard InChI is InChI=1S/C21H26N2O5S/c1-5-28-19-12-6-16(14-20(19)27-4)7-13-21(24)22-17-8-10-18(11-9-17)29(25,26)23-15(2)3/h6-15,23H,5H2,1-4H3,(H,22,24)/b13-7+. The molecule has 156 valence electrons. The second-order valence-corrected chi connectivity index (χ2v) is 8.18. The van der Waals surface area contributed by atoms with Crippen LogP contribution < -0.4 is 19.5 Å². The number of nitrogens with one attached hydrogen (secondary N) is 2. The van der Waals surface area contributed by atoms with E-state index < -0.39 is 10.0 Å². The van der Waals surface area contributed by atoms with Crippen LogP contribution in [0.4, 0.5) is 5.69 Å². The molecule has 7 nitrogen and oxygen atoms in total. The lowest BCUT2D eigenvalue weighted by Crippen LogP contribution is -2.30. The largest absolute Gasteiger partial charge is 0.493 e. The average molecular weight is 419 g/mol. The number of hydrogen-bond acceptors (Lipinski definition) is 5. The normalized spacial score (nSPS) is 11.6. The number of carbonyl (C=O) groups is 1. The summed E-state index contributed by atoms with van der Waals surface area (Å²) in [7, 11) is -2.01. The SMILES string of the molecule is CCOc1ccc(/C=C/C(=O)Nc2ccc(S(=O)(=O)NC(C)C)cc2)cc1OC. The van der Waals surface area contributed by atoms with Gasteiger partial charge in [-0.25, -0.2) is 13.1 Å². The molecule has 8 heteroatoms. The lowest BCUT2D eigenvalue weighted by Gasteiger charge is -2.10. The second kappa shape index (κ2) is 10.1.